The molecule has 0 aliphatic carbocycles. The molecule has 0 spiro atoms. The van der Waals surface area contributed by atoms with Gasteiger partial charge in [-0.05, 0) is 36.2 Å². The first-order valence-corrected chi connectivity index (χ1v) is 10.4. The van der Waals surface area contributed by atoms with E-state index in [0.717, 1.165) is 5.56 Å². The van der Waals surface area contributed by atoms with Gasteiger partial charge in [0.25, 0.3) is 5.91 Å². The Morgan fingerprint density at radius 1 is 1.12 bits per heavy atom. The van der Waals surface area contributed by atoms with E-state index in [-0.39, 0.29) is 28.0 Å². The van der Waals surface area contributed by atoms with Crippen molar-refractivity contribution in [3.8, 4) is 17.6 Å². The molecular formula is C23H19Cl2N3O5. The Hall–Kier alpha value is -3.62. The van der Waals surface area contributed by atoms with Crippen LogP contribution in [0.3, 0.4) is 0 Å². The van der Waals surface area contributed by atoms with E-state index in [9.17, 15) is 14.7 Å². The second-order valence-electron chi connectivity index (χ2n) is 6.65. The molecule has 0 radical (unpaired) electrons. The van der Waals surface area contributed by atoms with Gasteiger partial charge in [-0.3, -0.25) is 4.79 Å². The van der Waals surface area contributed by atoms with Crippen molar-refractivity contribution in [2.75, 3.05) is 7.11 Å². The molecule has 10 heteroatoms. The third kappa shape index (κ3) is 6.68. The highest BCUT2D eigenvalue weighted by Crippen LogP contribution is 2.24. The first-order valence-electron chi connectivity index (χ1n) is 9.66. The number of rotatable bonds is 9. The van der Waals surface area contributed by atoms with E-state index in [1.807, 2.05) is 0 Å². The predicted molar refractivity (Wildman–Crippen MR) is 124 cm³/mol. The van der Waals surface area contributed by atoms with Gasteiger partial charge in [0.2, 0.25) is 5.88 Å². The molecule has 1 amide bonds. The minimum Gasteiger partial charge on any atom is -0.481 e. The van der Waals surface area contributed by atoms with Crippen LogP contribution in [0.25, 0.3) is 6.08 Å². The molecule has 1 atom stereocenters. The fourth-order valence-electron chi connectivity index (χ4n) is 2.75. The lowest BCUT2D eigenvalue weighted by molar-refractivity contribution is -0.139. The largest absolute Gasteiger partial charge is 0.481 e. The van der Waals surface area contributed by atoms with Gasteiger partial charge in [-0.1, -0.05) is 53.6 Å². The Labute approximate surface area is 199 Å². The fraction of sp³-hybridized carbons (Fsp3) is 0.130. The summed E-state index contributed by atoms with van der Waals surface area (Å²) < 4.78 is 10.6. The van der Waals surface area contributed by atoms with Crippen LogP contribution in [0.4, 0.5) is 0 Å². The standard InChI is InChI=1S/C23H19Cl2N3O5/c1-32-19-12-13-26-23(28-19)33-15-10-8-14(9-11-15)4-2-7-18(22(30)31)27-21(29)20-16(24)5-3-6-17(20)25/h2-6,8-13,18H,7H2,1H3,(H,27,29)(H,30,31). The van der Waals surface area contributed by atoms with Gasteiger partial charge < -0.3 is 19.9 Å². The molecule has 170 valence electrons. The molecule has 2 N–H and O–H groups in total. The summed E-state index contributed by atoms with van der Waals surface area (Å²) in [5, 5.41) is 12.2. The average molecular weight is 488 g/mol. The fourth-order valence-corrected chi connectivity index (χ4v) is 3.32. The number of aromatic nitrogens is 2. The van der Waals surface area contributed by atoms with Gasteiger partial charge >= 0.3 is 12.0 Å². The first kappa shape index (κ1) is 24.0. The summed E-state index contributed by atoms with van der Waals surface area (Å²) in [4.78, 5) is 32.1. The van der Waals surface area contributed by atoms with Gasteiger partial charge in [-0.2, -0.15) is 4.98 Å². The SMILES string of the molecule is COc1ccnc(Oc2ccc(C=CCC(NC(=O)c3c(Cl)cccc3Cl)C(=O)O)cc2)n1. The minimum absolute atomic E-state index is 0.0340. The Balaban J connectivity index is 1.61. The van der Waals surface area contributed by atoms with Crippen LogP contribution in [-0.2, 0) is 4.79 Å². The summed E-state index contributed by atoms with van der Waals surface area (Å²) in [6, 6.07) is 12.2. The highest BCUT2D eigenvalue weighted by Gasteiger charge is 2.22. The van der Waals surface area contributed by atoms with Crippen LogP contribution in [0.1, 0.15) is 22.3 Å². The van der Waals surface area contributed by atoms with Gasteiger partial charge in [0.1, 0.15) is 11.8 Å². The molecule has 0 fully saturated rings. The van der Waals surface area contributed by atoms with Crippen molar-refractivity contribution < 1.29 is 24.2 Å². The van der Waals surface area contributed by atoms with Gasteiger partial charge in [0.15, 0.2) is 0 Å². The van der Waals surface area contributed by atoms with Crippen molar-refractivity contribution in [1.29, 1.82) is 0 Å². The van der Waals surface area contributed by atoms with E-state index in [1.54, 1.807) is 48.6 Å². The third-order valence-electron chi connectivity index (χ3n) is 4.38. The predicted octanol–water partition coefficient (Wildman–Crippen LogP) is 4.87. The van der Waals surface area contributed by atoms with Crippen LogP contribution in [0.2, 0.25) is 10.0 Å². The van der Waals surface area contributed by atoms with Crippen molar-refractivity contribution in [1.82, 2.24) is 15.3 Å². The number of halogens is 2. The van der Waals surface area contributed by atoms with Crippen molar-refractivity contribution in [3.05, 3.63) is 82.0 Å². The van der Waals surface area contributed by atoms with Crippen LogP contribution in [0, 0.1) is 0 Å². The number of carboxylic acid groups (broad SMARTS) is 1. The summed E-state index contributed by atoms with van der Waals surface area (Å²) in [5.41, 5.74) is 0.838. The maximum atomic E-state index is 12.5. The molecule has 1 aromatic heterocycles. The molecule has 0 saturated carbocycles. The zero-order valence-electron chi connectivity index (χ0n) is 17.4. The van der Waals surface area contributed by atoms with Crippen LogP contribution in [-0.4, -0.2) is 40.1 Å². The number of hydrogen-bond donors (Lipinski definition) is 2. The molecule has 3 aromatic rings. The van der Waals surface area contributed by atoms with Crippen LogP contribution in [0.15, 0.2) is 60.8 Å². The topological polar surface area (TPSA) is 111 Å². The maximum absolute atomic E-state index is 12.5. The summed E-state index contributed by atoms with van der Waals surface area (Å²) in [5.74, 6) is -0.935. The van der Waals surface area contributed by atoms with E-state index in [1.165, 1.54) is 25.4 Å². The lowest BCUT2D eigenvalue weighted by Gasteiger charge is -2.14. The number of ether oxygens (including phenoxy) is 2. The van der Waals surface area contributed by atoms with Gasteiger partial charge in [-0.25, -0.2) is 9.78 Å². The zero-order chi connectivity index (χ0) is 23.8. The number of benzene rings is 2. The Morgan fingerprint density at radius 3 is 2.45 bits per heavy atom. The second-order valence-corrected chi connectivity index (χ2v) is 7.47. The number of carbonyl (C=O) groups is 2. The summed E-state index contributed by atoms with van der Waals surface area (Å²) in [6.45, 7) is 0. The first-order chi connectivity index (χ1) is 15.9. The van der Waals surface area contributed by atoms with E-state index < -0.39 is 17.9 Å². The number of carboxylic acids is 1. The molecule has 1 unspecified atom stereocenters. The van der Waals surface area contributed by atoms with Gasteiger partial charge in [-0.15, -0.1) is 0 Å². The molecule has 0 saturated heterocycles. The third-order valence-corrected chi connectivity index (χ3v) is 5.01. The summed E-state index contributed by atoms with van der Waals surface area (Å²) in [6.07, 6.45) is 4.96. The summed E-state index contributed by atoms with van der Waals surface area (Å²) >= 11 is 12.0. The van der Waals surface area contributed by atoms with E-state index in [4.69, 9.17) is 32.7 Å². The van der Waals surface area contributed by atoms with Crippen LogP contribution < -0.4 is 14.8 Å². The number of carbonyl (C=O) groups excluding carboxylic acids is 1. The lowest BCUT2D eigenvalue weighted by Crippen LogP contribution is -2.40. The Kier molecular flexibility index (Phi) is 8.23. The highest BCUT2D eigenvalue weighted by molar-refractivity contribution is 6.39. The molecule has 2 aromatic carbocycles. The Bertz CT molecular complexity index is 1150. The average Bonchev–Trinajstić information content (AvgIpc) is 2.79. The van der Waals surface area contributed by atoms with Crippen molar-refractivity contribution in [2.45, 2.75) is 12.5 Å². The normalized spacial score (nSPS) is 11.7. The number of hydrogen-bond acceptors (Lipinski definition) is 6. The molecule has 0 bridgehead atoms. The number of aliphatic carboxylic acids is 1. The van der Waals surface area contributed by atoms with Gasteiger partial charge in [0.05, 0.1) is 22.7 Å². The van der Waals surface area contributed by atoms with Crippen molar-refractivity contribution in [3.63, 3.8) is 0 Å². The number of amides is 1. The van der Waals surface area contributed by atoms with E-state index >= 15 is 0 Å². The lowest BCUT2D eigenvalue weighted by atomic mass is 10.1. The molecule has 8 nitrogen and oxygen atoms in total. The van der Waals surface area contributed by atoms with E-state index in [0.29, 0.717) is 11.6 Å². The van der Waals surface area contributed by atoms with Crippen molar-refractivity contribution in [2.24, 2.45) is 0 Å². The summed E-state index contributed by atoms with van der Waals surface area (Å²) in [7, 11) is 1.50. The molecule has 3 rings (SSSR count). The molecular weight excluding hydrogens is 469 g/mol. The van der Waals surface area contributed by atoms with Crippen LogP contribution in [0.5, 0.6) is 17.6 Å². The second kappa shape index (κ2) is 11.3. The van der Waals surface area contributed by atoms with Gasteiger partial charge in [0, 0.05) is 12.3 Å². The number of nitrogens with zero attached hydrogens (tertiary/aromatic N) is 2. The molecule has 0 aliphatic heterocycles. The van der Waals surface area contributed by atoms with Crippen LogP contribution >= 0.6 is 23.2 Å². The quantitative estimate of drug-likeness (QED) is 0.442. The molecule has 33 heavy (non-hydrogen) atoms. The Morgan fingerprint density at radius 2 is 1.82 bits per heavy atom. The number of nitrogens with one attached hydrogen (secondary N) is 1. The number of methoxy groups -OCH3 is 1. The maximum Gasteiger partial charge on any atom is 0.326 e. The van der Waals surface area contributed by atoms with E-state index in [2.05, 4.69) is 15.3 Å². The smallest absolute Gasteiger partial charge is 0.326 e. The van der Waals surface area contributed by atoms with Crippen molar-refractivity contribution >= 4 is 41.2 Å². The highest BCUT2D eigenvalue weighted by atomic mass is 35.5. The molecule has 0 aliphatic rings. The zero-order valence-corrected chi connectivity index (χ0v) is 18.9. The monoisotopic (exact) mass is 487 g/mol. The molecule has 1 heterocycles. The minimum atomic E-state index is -1.18.